The fourth-order valence-corrected chi connectivity index (χ4v) is 3.47. The van der Waals surface area contributed by atoms with Gasteiger partial charge in [0, 0.05) is 5.69 Å². The Morgan fingerprint density at radius 2 is 1.72 bits per heavy atom. The minimum Gasteiger partial charge on any atom is -0.455 e. The molecule has 0 heterocycles. The first-order valence-electron chi connectivity index (χ1n) is 9.20. The average Bonchev–Trinajstić information content (AvgIpc) is 2.55. The maximum Gasteiger partial charge on any atom is 0.309 e. The molecule has 0 spiro atoms. The van der Waals surface area contributed by atoms with E-state index in [1.807, 2.05) is 32.0 Å². The summed E-state index contributed by atoms with van der Waals surface area (Å²) in [6.07, 6.45) is 3.83. The van der Waals surface area contributed by atoms with Crippen LogP contribution in [-0.4, -0.2) is 18.5 Å². The molecule has 2 rings (SSSR count). The third kappa shape index (κ3) is 5.58. The van der Waals surface area contributed by atoms with Crippen molar-refractivity contribution in [1.82, 2.24) is 0 Å². The molecule has 0 unspecified atom stereocenters. The molecule has 0 bridgehead atoms. The van der Waals surface area contributed by atoms with Gasteiger partial charge in [0.05, 0.1) is 5.92 Å². The van der Waals surface area contributed by atoms with Crippen LogP contribution in [-0.2, 0) is 14.3 Å². The van der Waals surface area contributed by atoms with Crippen molar-refractivity contribution < 1.29 is 14.3 Å². The number of esters is 1. The molecule has 4 heteroatoms. The van der Waals surface area contributed by atoms with E-state index >= 15 is 0 Å². The van der Waals surface area contributed by atoms with Crippen LogP contribution in [0.25, 0.3) is 0 Å². The topological polar surface area (TPSA) is 55.4 Å². The minimum atomic E-state index is -0.292. The molecule has 1 aliphatic rings. The number of anilines is 1. The van der Waals surface area contributed by atoms with Gasteiger partial charge in [-0.3, -0.25) is 9.59 Å². The molecule has 0 saturated heterocycles. The van der Waals surface area contributed by atoms with Crippen molar-refractivity contribution >= 4 is 17.6 Å². The number of amides is 1. The van der Waals surface area contributed by atoms with Crippen LogP contribution >= 0.6 is 0 Å². The van der Waals surface area contributed by atoms with Gasteiger partial charge < -0.3 is 10.1 Å². The van der Waals surface area contributed by atoms with E-state index in [-0.39, 0.29) is 24.4 Å². The highest BCUT2D eigenvalue weighted by Crippen LogP contribution is 2.40. The molecule has 1 aliphatic carbocycles. The van der Waals surface area contributed by atoms with Gasteiger partial charge in [0.1, 0.15) is 0 Å². The Balaban J connectivity index is 1.76. The molecular formula is C21H31NO3. The second-order valence-electron chi connectivity index (χ2n) is 8.37. The van der Waals surface area contributed by atoms with Crippen molar-refractivity contribution in [2.45, 2.75) is 60.3 Å². The SMILES string of the molecule is Cc1ccc(NC(=O)COC(=O)C2CCC(C(C)(C)C)CC2)cc1C. The molecule has 1 N–H and O–H groups in total. The summed E-state index contributed by atoms with van der Waals surface area (Å²) in [5.74, 6) is 0.0696. The first kappa shape index (κ1) is 19.5. The quantitative estimate of drug-likeness (QED) is 0.809. The van der Waals surface area contributed by atoms with Gasteiger partial charge in [0.2, 0.25) is 0 Å². The fraction of sp³-hybridized carbons (Fsp3) is 0.619. The Morgan fingerprint density at radius 1 is 1.08 bits per heavy atom. The van der Waals surface area contributed by atoms with E-state index in [2.05, 4.69) is 26.1 Å². The predicted octanol–water partition coefficient (Wildman–Crippen LogP) is 4.64. The first-order valence-corrected chi connectivity index (χ1v) is 9.20. The number of rotatable bonds is 4. The second-order valence-corrected chi connectivity index (χ2v) is 8.37. The van der Waals surface area contributed by atoms with Gasteiger partial charge in [-0.15, -0.1) is 0 Å². The van der Waals surface area contributed by atoms with Crippen LogP contribution in [0, 0.1) is 31.1 Å². The van der Waals surface area contributed by atoms with Gasteiger partial charge >= 0.3 is 5.97 Å². The number of benzene rings is 1. The van der Waals surface area contributed by atoms with Crippen molar-refractivity contribution in [3.05, 3.63) is 29.3 Å². The zero-order valence-electron chi connectivity index (χ0n) is 16.1. The van der Waals surface area contributed by atoms with Crippen LogP contribution < -0.4 is 5.32 Å². The highest BCUT2D eigenvalue weighted by Gasteiger charge is 2.33. The minimum absolute atomic E-state index is 0.0620. The van der Waals surface area contributed by atoms with Crippen LogP contribution in [0.15, 0.2) is 18.2 Å². The highest BCUT2D eigenvalue weighted by atomic mass is 16.5. The molecule has 0 aromatic heterocycles. The van der Waals surface area contributed by atoms with Crippen molar-refractivity contribution in [3.63, 3.8) is 0 Å². The summed E-state index contributed by atoms with van der Waals surface area (Å²) < 4.78 is 5.24. The third-order valence-corrected chi connectivity index (χ3v) is 5.42. The van der Waals surface area contributed by atoms with Crippen molar-refractivity contribution in [2.24, 2.45) is 17.3 Å². The first-order chi connectivity index (χ1) is 11.7. The number of nitrogens with one attached hydrogen (secondary N) is 1. The molecule has 1 fully saturated rings. The smallest absolute Gasteiger partial charge is 0.309 e. The van der Waals surface area contributed by atoms with Crippen molar-refractivity contribution in [1.29, 1.82) is 0 Å². The van der Waals surface area contributed by atoms with Crippen molar-refractivity contribution in [3.8, 4) is 0 Å². The van der Waals surface area contributed by atoms with Crippen LogP contribution in [0.4, 0.5) is 5.69 Å². The van der Waals surface area contributed by atoms with Gasteiger partial charge in [0.25, 0.3) is 5.91 Å². The Bertz CT molecular complexity index is 623. The van der Waals surface area contributed by atoms with Crippen molar-refractivity contribution in [2.75, 3.05) is 11.9 Å². The summed E-state index contributed by atoms with van der Waals surface area (Å²) in [5.41, 5.74) is 3.32. The maximum absolute atomic E-state index is 12.2. The summed E-state index contributed by atoms with van der Waals surface area (Å²) in [6.45, 7) is 10.6. The Morgan fingerprint density at radius 3 is 2.28 bits per heavy atom. The standard InChI is InChI=1S/C21H31NO3/c1-14-6-11-18(12-15(14)2)22-19(23)13-25-20(24)16-7-9-17(10-8-16)21(3,4)5/h6,11-12,16-17H,7-10,13H2,1-5H3,(H,22,23). The molecule has 1 saturated carbocycles. The number of hydrogen-bond acceptors (Lipinski definition) is 3. The molecule has 1 aromatic rings. The van der Waals surface area contributed by atoms with Gasteiger partial charge in [-0.2, -0.15) is 0 Å². The summed E-state index contributed by atoms with van der Waals surface area (Å²) in [6, 6.07) is 5.74. The number of carbonyl (C=O) groups is 2. The lowest BCUT2D eigenvalue weighted by atomic mass is 9.70. The summed E-state index contributed by atoms with van der Waals surface area (Å²) in [5, 5.41) is 2.78. The summed E-state index contributed by atoms with van der Waals surface area (Å²) in [4.78, 5) is 24.2. The molecule has 25 heavy (non-hydrogen) atoms. The Hall–Kier alpha value is -1.84. The zero-order valence-corrected chi connectivity index (χ0v) is 16.1. The lowest BCUT2D eigenvalue weighted by Crippen LogP contribution is -2.31. The average molecular weight is 345 g/mol. The second kappa shape index (κ2) is 8.03. The number of carbonyl (C=O) groups excluding carboxylic acids is 2. The zero-order chi connectivity index (χ0) is 18.6. The van der Waals surface area contributed by atoms with E-state index in [9.17, 15) is 9.59 Å². The van der Waals surface area contributed by atoms with Crippen LogP contribution in [0.3, 0.4) is 0 Å². The summed E-state index contributed by atoms with van der Waals surface area (Å²) >= 11 is 0. The molecule has 138 valence electrons. The maximum atomic E-state index is 12.2. The van der Waals surface area contributed by atoms with Gasteiger partial charge in [-0.05, 0) is 74.1 Å². The molecule has 0 atom stereocenters. The third-order valence-electron chi connectivity index (χ3n) is 5.42. The number of ether oxygens (including phenoxy) is 1. The molecule has 1 aromatic carbocycles. The Labute approximate surface area is 151 Å². The normalized spacial score (nSPS) is 20.8. The van der Waals surface area contributed by atoms with Crippen LogP contribution in [0.1, 0.15) is 57.6 Å². The van der Waals surface area contributed by atoms with E-state index in [0.717, 1.165) is 36.9 Å². The lowest BCUT2D eigenvalue weighted by molar-refractivity contribution is -0.153. The van der Waals surface area contributed by atoms with Gasteiger partial charge in [-0.25, -0.2) is 0 Å². The molecular weight excluding hydrogens is 314 g/mol. The van der Waals surface area contributed by atoms with E-state index in [1.165, 1.54) is 5.56 Å². The molecule has 1 amide bonds. The summed E-state index contributed by atoms with van der Waals surface area (Å²) in [7, 11) is 0. The molecule has 0 radical (unpaired) electrons. The van der Waals surface area contributed by atoms with Crippen LogP contribution in [0.2, 0.25) is 0 Å². The van der Waals surface area contributed by atoms with E-state index < -0.39 is 0 Å². The van der Waals surface area contributed by atoms with Gasteiger partial charge in [-0.1, -0.05) is 26.8 Å². The highest BCUT2D eigenvalue weighted by molar-refractivity contribution is 5.93. The molecule has 0 aliphatic heterocycles. The van der Waals surface area contributed by atoms with Gasteiger partial charge in [0.15, 0.2) is 6.61 Å². The number of aryl methyl sites for hydroxylation is 2. The fourth-order valence-electron chi connectivity index (χ4n) is 3.47. The monoisotopic (exact) mass is 345 g/mol. The van der Waals surface area contributed by atoms with E-state index in [0.29, 0.717) is 11.3 Å². The number of hydrogen-bond donors (Lipinski definition) is 1. The Kier molecular flexibility index (Phi) is 6.26. The van der Waals surface area contributed by atoms with E-state index in [1.54, 1.807) is 0 Å². The van der Waals surface area contributed by atoms with E-state index in [4.69, 9.17) is 4.74 Å². The molecule has 4 nitrogen and oxygen atoms in total. The lowest BCUT2D eigenvalue weighted by Gasteiger charge is -2.36. The van der Waals surface area contributed by atoms with Crippen LogP contribution in [0.5, 0.6) is 0 Å². The predicted molar refractivity (Wildman–Crippen MR) is 100 cm³/mol. The largest absolute Gasteiger partial charge is 0.455 e.